The van der Waals surface area contributed by atoms with Gasteiger partial charge >= 0.3 is 6.03 Å². The third kappa shape index (κ3) is 4.47. The first-order valence-electron chi connectivity index (χ1n) is 8.84. The van der Waals surface area contributed by atoms with Crippen LogP contribution in [0.3, 0.4) is 0 Å². The molecule has 2 aliphatic carbocycles. The third-order valence-electron chi connectivity index (χ3n) is 5.27. The summed E-state index contributed by atoms with van der Waals surface area (Å²) in [5.74, 6) is 0.803. The summed E-state index contributed by atoms with van der Waals surface area (Å²) in [6.45, 7) is 2.33. The molecule has 2 amide bonds. The van der Waals surface area contributed by atoms with Crippen molar-refractivity contribution in [2.75, 3.05) is 5.32 Å². The fourth-order valence-corrected chi connectivity index (χ4v) is 5.07. The van der Waals surface area contributed by atoms with Crippen LogP contribution in [0.4, 0.5) is 9.93 Å². The maximum atomic E-state index is 13.0. The van der Waals surface area contributed by atoms with Crippen LogP contribution in [0, 0.1) is 5.92 Å². The Morgan fingerprint density at radius 1 is 1.17 bits per heavy atom. The highest BCUT2D eigenvalue weighted by Gasteiger charge is 2.33. The lowest BCUT2D eigenvalue weighted by atomic mass is 9.84. The average Bonchev–Trinajstić information content (AvgIpc) is 2.95. The Kier molecular flexibility index (Phi) is 5.96. The molecule has 0 bridgehead atoms. The highest BCUT2D eigenvalue weighted by atomic mass is 79.9. The Labute approximate surface area is 151 Å². The Morgan fingerprint density at radius 3 is 2.43 bits per heavy atom. The number of aromatic nitrogens is 1. The zero-order valence-corrected chi connectivity index (χ0v) is 16.2. The quantitative estimate of drug-likeness (QED) is 0.713. The molecule has 128 valence electrons. The van der Waals surface area contributed by atoms with Crippen LogP contribution in [0.1, 0.15) is 64.7 Å². The van der Waals surface area contributed by atoms with Crippen molar-refractivity contribution in [2.24, 2.45) is 5.92 Å². The van der Waals surface area contributed by atoms with Crippen molar-refractivity contribution in [3.8, 4) is 0 Å². The molecule has 0 spiro atoms. The van der Waals surface area contributed by atoms with Gasteiger partial charge in [0.1, 0.15) is 0 Å². The molecule has 2 fully saturated rings. The van der Waals surface area contributed by atoms with Gasteiger partial charge in [0.15, 0.2) is 5.13 Å². The molecular formula is C17H26BrN3OS. The molecule has 0 unspecified atom stereocenters. The summed E-state index contributed by atoms with van der Waals surface area (Å²) in [5, 5.41) is 3.72. The van der Waals surface area contributed by atoms with E-state index < -0.39 is 0 Å². The number of urea groups is 1. The number of hydrogen-bond acceptors (Lipinski definition) is 3. The van der Waals surface area contributed by atoms with Gasteiger partial charge in [-0.05, 0) is 60.4 Å². The highest BCUT2D eigenvalue weighted by molar-refractivity contribution is 9.11. The van der Waals surface area contributed by atoms with E-state index in [2.05, 4.69) is 38.1 Å². The van der Waals surface area contributed by atoms with Gasteiger partial charge in [0, 0.05) is 12.1 Å². The molecule has 1 heterocycles. The van der Waals surface area contributed by atoms with Crippen LogP contribution in [0.2, 0.25) is 0 Å². The zero-order chi connectivity index (χ0) is 16.2. The van der Waals surface area contributed by atoms with E-state index in [0.717, 1.165) is 35.4 Å². The second kappa shape index (κ2) is 7.97. The van der Waals surface area contributed by atoms with E-state index in [-0.39, 0.29) is 6.03 Å². The van der Waals surface area contributed by atoms with E-state index in [1.807, 2.05) is 0 Å². The third-order valence-corrected chi connectivity index (χ3v) is 6.66. The topological polar surface area (TPSA) is 45.2 Å². The smallest absolute Gasteiger partial charge is 0.319 e. The number of carbonyl (C=O) groups excluding carboxylic acids is 1. The monoisotopic (exact) mass is 399 g/mol. The summed E-state index contributed by atoms with van der Waals surface area (Å²) in [4.78, 5) is 19.4. The molecule has 4 nitrogen and oxygen atoms in total. The molecule has 0 saturated heterocycles. The first kappa shape index (κ1) is 17.2. The van der Waals surface area contributed by atoms with Crippen molar-refractivity contribution in [2.45, 2.75) is 76.8 Å². The Balaban J connectivity index is 1.71. The number of rotatable bonds is 3. The molecule has 1 N–H and O–H groups in total. The molecular weight excluding hydrogens is 374 g/mol. The molecule has 0 atom stereocenters. The van der Waals surface area contributed by atoms with Gasteiger partial charge in [-0.25, -0.2) is 9.78 Å². The van der Waals surface area contributed by atoms with E-state index in [4.69, 9.17) is 0 Å². The Hall–Kier alpha value is -0.620. The minimum Gasteiger partial charge on any atom is -0.319 e. The van der Waals surface area contributed by atoms with Crippen LogP contribution < -0.4 is 5.32 Å². The van der Waals surface area contributed by atoms with Crippen LogP contribution in [-0.2, 0) is 0 Å². The van der Waals surface area contributed by atoms with Crippen molar-refractivity contribution in [3.63, 3.8) is 0 Å². The predicted molar refractivity (Wildman–Crippen MR) is 99.0 cm³/mol. The number of carbonyl (C=O) groups is 1. The first-order valence-corrected chi connectivity index (χ1v) is 10.4. The number of anilines is 1. The summed E-state index contributed by atoms with van der Waals surface area (Å²) in [5.41, 5.74) is 0. The fraction of sp³-hybridized carbons (Fsp3) is 0.765. The molecule has 2 aliphatic rings. The lowest BCUT2D eigenvalue weighted by Gasteiger charge is -2.42. The molecule has 23 heavy (non-hydrogen) atoms. The number of nitrogens with one attached hydrogen (secondary N) is 1. The van der Waals surface area contributed by atoms with E-state index in [9.17, 15) is 4.79 Å². The summed E-state index contributed by atoms with van der Waals surface area (Å²) in [6, 6.07) is 0.863. The van der Waals surface area contributed by atoms with Gasteiger partial charge in [0.2, 0.25) is 0 Å². The molecule has 1 aromatic rings. The molecule has 0 aromatic carbocycles. The SMILES string of the molecule is CC1CCC(N(C(=O)Nc2ncc(Br)s2)C2CCCCC2)CC1. The normalized spacial score (nSPS) is 26.0. The van der Waals surface area contributed by atoms with Gasteiger partial charge in [0.25, 0.3) is 0 Å². The summed E-state index contributed by atoms with van der Waals surface area (Å²) in [7, 11) is 0. The van der Waals surface area contributed by atoms with E-state index in [0.29, 0.717) is 17.2 Å². The molecule has 0 aliphatic heterocycles. The summed E-state index contributed by atoms with van der Waals surface area (Å²) in [6.07, 6.45) is 12.6. The maximum absolute atomic E-state index is 13.0. The molecule has 0 radical (unpaired) electrons. The lowest BCUT2D eigenvalue weighted by Crippen LogP contribution is -2.51. The Bertz CT molecular complexity index is 522. The van der Waals surface area contributed by atoms with Crippen molar-refractivity contribution in [3.05, 3.63) is 9.98 Å². The van der Waals surface area contributed by atoms with Gasteiger partial charge in [-0.2, -0.15) is 0 Å². The predicted octanol–water partition coefficient (Wildman–Crippen LogP) is 5.65. The standard InChI is InChI=1S/C17H26BrN3OS/c1-12-7-9-14(10-8-12)21(13-5-3-2-4-6-13)17(22)20-16-19-11-15(18)23-16/h11-14H,2-10H2,1H3,(H,19,20,22). The summed E-state index contributed by atoms with van der Waals surface area (Å²) < 4.78 is 0.948. The lowest BCUT2D eigenvalue weighted by molar-refractivity contribution is 0.105. The molecule has 6 heteroatoms. The number of hydrogen-bond donors (Lipinski definition) is 1. The van der Waals surface area contributed by atoms with Crippen molar-refractivity contribution < 1.29 is 4.79 Å². The zero-order valence-electron chi connectivity index (χ0n) is 13.8. The van der Waals surface area contributed by atoms with Gasteiger partial charge in [0.05, 0.1) is 9.98 Å². The van der Waals surface area contributed by atoms with Crippen LogP contribution in [0.5, 0.6) is 0 Å². The first-order chi connectivity index (χ1) is 11.1. The van der Waals surface area contributed by atoms with Gasteiger partial charge in [-0.15, -0.1) is 0 Å². The van der Waals surface area contributed by atoms with Crippen LogP contribution in [0.15, 0.2) is 9.98 Å². The second-order valence-corrected chi connectivity index (χ2v) is 9.42. The maximum Gasteiger partial charge on any atom is 0.324 e. The molecule has 3 rings (SSSR count). The number of thiazole rings is 1. The van der Waals surface area contributed by atoms with Crippen LogP contribution in [0.25, 0.3) is 0 Å². The summed E-state index contributed by atoms with van der Waals surface area (Å²) >= 11 is 4.88. The van der Waals surface area contributed by atoms with E-state index in [1.165, 1.54) is 43.4 Å². The number of amides is 2. The van der Waals surface area contributed by atoms with Crippen molar-refractivity contribution in [1.29, 1.82) is 0 Å². The van der Waals surface area contributed by atoms with Gasteiger partial charge in [-0.1, -0.05) is 37.5 Å². The minimum atomic E-state index is 0.0540. The number of halogens is 1. The molecule has 1 aromatic heterocycles. The highest BCUT2D eigenvalue weighted by Crippen LogP contribution is 2.33. The second-order valence-electron chi connectivity index (χ2n) is 7.01. The van der Waals surface area contributed by atoms with Crippen LogP contribution in [-0.4, -0.2) is 28.0 Å². The average molecular weight is 400 g/mol. The molecule has 2 saturated carbocycles. The van der Waals surface area contributed by atoms with Crippen molar-refractivity contribution in [1.82, 2.24) is 9.88 Å². The Morgan fingerprint density at radius 2 is 1.83 bits per heavy atom. The van der Waals surface area contributed by atoms with E-state index in [1.54, 1.807) is 6.20 Å². The van der Waals surface area contributed by atoms with Crippen molar-refractivity contribution >= 4 is 38.4 Å². The van der Waals surface area contributed by atoms with Crippen LogP contribution >= 0.6 is 27.3 Å². The fourth-order valence-electron chi connectivity index (χ4n) is 3.98. The largest absolute Gasteiger partial charge is 0.324 e. The van der Waals surface area contributed by atoms with Gasteiger partial charge < -0.3 is 4.90 Å². The van der Waals surface area contributed by atoms with E-state index >= 15 is 0 Å². The number of nitrogens with zero attached hydrogens (tertiary/aromatic N) is 2. The van der Waals surface area contributed by atoms with Gasteiger partial charge in [-0.3, -0.25) is 5.32 Å². The minimum absolute atomic E-state index is 0.0540.